The van der Waals surface area contributed by atoms with Crippen molar-refractivity contribution in [3.05, 3.63) is 35.4 Å². The Morgan fingerprint density at radius 2 is 1.77 bits per heavy atom. The predicted octanol–water partition coefficient (Wildman–Crippen LogP) is 0.186. The van der Waals surface area contributed by atoms with Crippen LogP contribution in [-0.2, 0) is 17.8 Å². The van der Waals surface area contributed by atoms with Gasteiger partial charge in [0.25, 0.3) is 0 Å². The Labute approximate surface area is 130 Å². The average Bonchev–Trinajstić information content (AvgIpc) is 2.59. The molecule has 2 aliphatic heterocycles. The van der Waals surface area contributed by atoms with E-state index in [1.54, 1.807) is 9.80 Å². The summed E-state index contributed by atoms with van der Waals surface area (Å²) in [4.78, 5) is 27.8. The molecule has 2 N–H and O–H groups in total. The van der Waals surface area contributed by atoms with Crippen LogP contribution in [0.5, 0.6) is 0 Å². The first kappa shape index (κ1) is 14.8. The molecule has 1 saturated heterocycles. The molecule has 1 fully saturated rings. The Balaban J connectivity index is 1.49. The summed E-state index contributed by atoms with van der Waals surface area (Å²) in [6, 6.07) is 8.03. The minimum absolute atomic E-state index is 0.00717. The molecule has 0 aromatic heterocycles. The van der Waals surface area contributed by atoms with Gasteiger partial charge in [-0.25, -0.2) is 4.79 Å². The van der Waals surface area contributed by atoms with Gasteiger partial charge in [0, 0.05) is 39.3 Å². The second kappa shape index (κ2) is 6.79. The molecular formula is C16H22N4O2. The van der Waals surface area contributed by atoms with Gasteiger partial charge >= 0.3 is 6.03 Å². The molecule has 3 amide bonds. The van der Waals surface area contributed by atoms with E-state index in [1.807, 2.05) is 12.1 Å². The standard InChI is InChI=1S/C16H22N4O2/c21-15(19-9-6-17-7-10-19)11-18-16(22)20-8-5-13-3-1-2-4-14(13)12-20/h1-4,17H,5-12H2,(H,18,22). The van der Waals surface area contributed by atoms with Crippen molar-refractivity contribution < 1.29 is 9.59 Å². The number of fused-ring (bicyclic) bond motifs is 1. The van der Waals surface area contributed by atoms with E-state index in [-0.39, 0.29) is 18.5 Å². The number of piperazine rings is 1. The molecule has 0 aliphatic carbocycles. The average molecular weight is 302 g/mol. The highest BCUT2D eigenvalue weighted by Crippen LogP contribution is 2.18. The van der Waals surface area contributed by atoms with Gasteiger partial charge < -0.3 is 20.4 Å². The maximum absolute atomic E-state index is 12.2. The number of carbonyl (C=O) groups is 2. The van der Waals surface area contributed by atoms with Gasteiger partial charge in [0.05, 0.1) is 6.54 Å². The summed E-state index contributed by atoms with van der Waals surface area (Å²) in [5.74, 6) is -0.00717. The van der Waals surface area contributed by atoms with Crippen LogP contribution in [0.15, 0.2) is 24.3 Å². The fraction of sp³-hybridized carbons (Fsp3) is 0.500. The zero-order valence-corrected chi connectivity index (χ0v) is 12.7. The van der Waals surface area contributed by atoms with Crippen LogP contribution in [0.4, 0.5) is 4.79 Å². The number of nitrogens with one attached hydrogen (secondary N) is 2. The van der Waals surface area contributed by atoms with Crippen LogP contribution >= 0.6 is 0 Å². The highest BCUT2D eigenvalue weighted by Gasteiger charge is 2.22. The van der Waals surface area contributed by atoms with Gasteiger partial charge in [0.15, 0.2) is 0 Å². The first-order chi connectivity index (χ1) is 10.7. The van der Waals surface area contributed by atoms with E-state index in [2.05, 4.69) is 22.8 Å². The van der Waals surface area contributed by atoms with Crippen LogP contribution in [0.25, 0.3) is 0 Å². The third-order valence-corrected chi connectivity index (χ3v) is 4.28. The van der Waals surface area contributed by atoms with Crippen molar-refractivity contribution in [3.63, 3.8) is 0 Å². The van der Waals surface area contributed by atoms with Crippen molar-refractivity contribution in [3.8, 4) is 0 Å². The molecule has 3 rings (SSSR count). The minimum atomic E-state index is -0.155. The lowest BCUT2D eigenvalue weighted by Gasteiger charge is -2.30. The van der Waals surface area contributed by atoms with Crippen molar-refractivity contribution in [1.29, 1.82) is 0 Å². The number of hydrogen-bond donors (Lipinski definition) is 2. The second-order valence-corrected chi connectivity index (χ2v) is 5.73. The summed E-state index contributed by atoms with van der Waals surface area (Å²) in [7, 11) is 0. The van der Waals surface area contributed by atoms with E-state index in [4.69, 9.17) is 0 Å². The second-order valence-electron chi connectivity index (χ2n) is 5.73. The maximum Gasteiger partial charge on any atom is 0.318 e. The Hall–Kier alpha value is -2.08. The summed E-state index contributed by atoms with van der Waals surface area (Å²) in [5.41, 5.74) is 2.50. The molecule has 0 saturated carbocycles. The number of nitrogens with zero attached hydrogens (tertiary/aromatic N) is 2. The highest BCUT2D eigenvalue weighted by molar-refractivity contribution is 5.84. The van der Waals surface area contributed by atoms with Crippen molar-refractivity contribution in [1.82, 2.24) is 20.4 Å². The van der Waals surface area contributed by atoms with E-state index in [1.165, 1.54) is 11.1 Å². The quantitative estimate of drug-likeness (QED) is 0.819. The van der Waals surface area contributed by atoms with Crippen LogP contribution in [0.2, 0.25) is 0 Å². The molecule has 0 radical (unpaired) electrons. The van der Waals surface area contributed by atoms with Crippen molar-refractivity contribution in [2.24, 2.45) is 0 Å². The Kier molecular flexibility index (Phi) is 4.58. The smallest absolute Gasteiger partial charge is 0.318 e. The fourth-order valence-corrected chi connectivity index (χ4v) is 2.96. The van der Waals surface area contributed by atoms with Crippen LogP contribution in [0.1, 0.15) is 11.1 Å². The number of benzene rings is 1. The van der Waals surface area contributed by atoms with Crippen LogP contribution in [0, 0.1) is 0 Å². The zero-order valence-electron chi connectivity index (χ0n) is 12.7. The van der Waals surface area contributed by atoms with Crippen molar-refractivity contribution in [2.75, 3.05) is 39.3 Å². The molecule has 2 aliphatic rings. The van der Waals surface area contributed by atoms with Crippen molar-refractivity contribution >= 4 is 11.9 Å². The van der Waals surface area contributed by atoms with Gasteiger partial charge in [-0.3, -0.25) is 4.79 Å². The Morgan fingerprint density at radius 3 is 2.55 bits per heavy atom. The summed E-state index contributed by atoms with van der Waals surface area (Å²) < 4.78 is 0. The normalized spacial score (nSPS) is 17.8. The Bertz CT molecular complexity index is 555. The van der Waals surface area contributed by atoms with Gasteiger partial charge in [-0.1, -0.05) is 24.3 Å². The van der Waals surface area contributed by atoms with Gasteiger partial charge in [-0.15, -0.1) is 0 Å². The molecule has 6 heteroatoms. The van der Waals surface area contributed by atoms with E-state index in [0.29, 0.717) is 26.2 Å². The molecule has 0 spiro atoms. The largest absolute Gasteiger partial charge is 0.339 e. The molecule has 22 heavy (non-hydrogen) atoms. The van der Waals surface area contributed by atoms with Crippen molar-refractivity contribution in [2.45, 2.75) is 13.0 Å². The lowest BCUT2D eigenvalue weighted by Crippen LogP contribution is -2.51. The molecule has 6 nitrogen and oxygen atoms in total. The lowest BCUT2D eigenvalue weighted by atomic mass is 10.0. The highest BCUT2D eigenvalue weighted by atomic mass is 16.2. The van der Waals surface area contributed by atoms with E-state index in [0.717, 1.165) is 19.5 Å². The lowest BCUT2D eigenvalue weighted by molar-refractivity contribution is -0.130. The first-order valence-electron chi connectivity index (χ1n) is 7.82. The number of urea groups is 1. The summed E-state index contributed by atoms with van der Waals surface area (Å²) in [6.45, 7) is 4.47. The first-order valence-corrected chi connectivity index (χ1v) is 7.82. The van der Waals surface area contributed by atoms with Gasteiger partial charge in [0.1, 0.15) is 0 Å². The summed E-state index contributed by atoms with van der Waals surface area (Å²) in [5, 5.41) is 5.96. The van der Waals surface area contributed by atoms with E-state index < -0.39 is 0 Å². The molecule has 2 heterocycles. The van der Waals surface area contributed by atoms with E-state index in [9.17, 15) is 9.59 Å². The summed E-state index contributed by atoms with van der Waals surface area (Å²) >= 11 is 0. The van der Waals surface area contributed by atoms with Crippen LogP contribution in [-0.4, -0.2) is 61.0 Å². The monoisotopic (exact) mass is 302 g/mol. The molecule has 0 atom stereocenters. The number of hydrogen-bond acceptors (Lipinski definition) is 3. The van der Waals surface area contributed by atoms with Gasteiger partial charge in [-0.2, -0.15) is 0 Å². The number of rotatable bonds is 2. The fourth-order valence-electron chi connectivity index (χ4n) is 2.96. The zero-order chi connectivity index (χ0) is 15.4. The predicted molar refractivity (Wildman–Crippen MR) is 83.4 cm³/mol. The molecule has 0 bridgehead atoms. The van der Waals surface area contributed by atoms with Gasteiger partial charge in [-0.05, 0) is 17.5 Å². The van der Waals surface area contributed by atoms with E-state index >= 15 is 0 Å². The van der Waals surface area contributed by atoms with Gasteiger partial charge in [0.2, 0.25) is 5.91 Å². The van der Waals surface area contributed by atoms with Crippen LogP contribution < -0.4 is 10.6 Å². The third-order valence-electron chi connectivity index (χ3n) is 4.28. The molecule has 118 valence electrons. The molecule has 0 unspecified atom stereocenters. The number of amides is 3. The Morgan fingerprint density at radius 1 is 1.05 bits per heavy atom. The topological polar surface area (TPSA) is 64.7 Å². The summed E-state index contributed by atoms with van der Waals surface area (Å²) in [6.07, 6.45) is 0.870. The minimum Gasteiger partial charge on any atom is -0.339 e. The molecule has 1 aromatic rings. The van der Waals surface area contributed by atoms with Crippen LogP contribution in [0.3, 0.4) is 0 Å². The maximum atomic E-state index is 12.2. The number of carbonyl (C=O) groups excluding carboxylic acids is 2. The third kappa shape index (κ3) is 3.39. The SMILES string of the molecule is O=C(CNC(=O)N1CCc2ccccc2C1)N1CCNCC1. The molecular weight excluding hydrogens is 280 g/mol. The molecule has 1 aromatic carbocycles.